The van der Waals surface area contributed by atoms with Crippen LogP contribution in [0.15, 0.2) is 29.2 Å². The molecule has 1 fully saturated rings. The van der Waals surface area contributed by atoms with Gasteiger partial charge in [0.15, 0.2) is 0 Å². The van der Waals surface area contributed by atoms with Gasteiger partial charge in [0, 0.05) is 18.7 Å². The molecule has 1 aromatic rings. The first kappa shape index (κ1) is 14.0. The molecule has 0 saturated heterocycles. The van der Waals surface area contributed by atoms with Crippen molar-refractivity contribution in [3.8, 4) is 0 Å². The summed E-state index contributed by atoms with van der Waals surface area (Å²) in [6.07, 6.45) is 0.894. The van der Waals surface area contributed by atoms with Crippen LogP contribution in [0.25, 0.3) is 0 Å². The van der Waals surface area contributed by atoms with Crippen LogP contribution >= 0.6 is 0 Å². The van der Waals surface area contributed by atoms with Crippen molar-refractivity contribution < 1.29 is 13.2 Å². The minimum Gasteiger partial charge on any atom is -0.315 e. The van der Waals surface area contributed by atoms with Crippen LogP contribution in [0.2, 0.25) is 0 Å². The maximum Gasteiger partial charge on any atom is 0.238 e. The van der Waals surface area contributed by atoms with E-state index in [1.54, 1.807) is 24.1 Å². The summed E-state index contributed by atoms with van der Waals surface area (Å²) in [5, 5.41) is 5.03. The minimum atomic E-state index is -3.69. The average Bonchev–Trinajstić information content (AvgIpc) is 2.95. The van der Waals surface area contributed by atoms with E-state index in [1.165, 1.54) is 12.1 Å². The molecule has 1 aliphatic carbocycles. The molecule has 0 radical (unpaired) electrons. The van der Waals surface area contributed by atoms with Crippen molar-refractivity contribution in [2.45, 2.75) is 25.2 Å². The van der Waals surface area contributed by atoms with Crippen molar-refractivity contribution in [3.05, 3.63) is 24.3 Å². The van der Waals surface area contributed by atoms with Crippen LogP contribution in [0.5, 0.6) is 0 Å². The van der Waals surface area contributed by atoms with Gasteiger partial charge >= 0.3 is 0 Å². The number of rotatable bonds is 3. The fourth-order valence-electron chi connectivity index (χ4n) is 2.11. The molecule has 0 aliphatic heterocycles. The van der Waals surface area contributed by atoms with Gasteiger partial charge in [0.2, 0.25) is 15.9 Å². The largest absolute Gasteiger partial charge is 0.315 e. The number of anilines is 1. The third kappa shape index (κ3) is 2.79. The summed E-state index contributed by atoms with van der Waals surface area (Å²) in [5.41, 5.74) is 0.742. The maximum atomic E-state index is 12.2. The highest BCUT2D eigenvalue weighted by molar-refractivity contribution is 7.89. The molecular weight excluding hydrogens is 264 g/mol. The standard InChI is InChI=1S/C13H18N2O3S/c1-13(2)8-11(13)12(16)15(3)9-4-6-10(7-5-9)19(14,17)18/h4-7,11H,8H2,1-3H3,(H2,14,17,18). The Morgan fingerprint density at radius 2 is 1.79 bits per heavy atom. The fourth-order valence-corrected chi connectivity index (χ4v) is 2.62. The Bertz CT molecular complexity index is 605. The van der Waals surface area contributed by atoms with Crippen molar-refractivity contribution in [3.63, 3.8) is 0 Å². The van der Waals surface area contributed by atoms with Crippen LogP contribution in [-0.2, 0) is 14.8 Å². The van der Waals surface area contributed by atoms with Gasteiger partial charge < -0.3 is 4.90 Å². The number of amides is 1. The number of carbonyl (C=O) groups is 1. The zero-order chi connectivity index (χ0) is 14.4. The predicted octanol–water partition coefficient (Wildman–Crippen LogP) is 1.34. The van der Waals surface area contributed by atoms with Gasteiger partial charge in [-0.3, -0.25) is 4.79 Å². The van der Waals surface area contributed by atoms with Gasteiger partial charge in [-0.15, -0.1) is 0 Å². The molecule has 0 aromatic heterocycles. The zero-order valence-electron chi connectivity index (χ0n) is 11.3. The van der Waals surface area contributed by atoms with Crippen molar-refractivity contribution in [2.75, 3.05) is 11.9 Å². The van der Waals surface area contributed by atoms with Crippen LogP contribution in [-0.4, -0.2) is 21.4 Å². The van der Waals surface area contributed by atoms with Gasteiger partial charge in [0.1, 0.15) is 0 Å². The molecule has 1 unspecified atom stereocenters. The van der Waals surface area contributed by atoms with Crippen molar-refractivity contribution in [2.24, 2.45) is 16.5 Å². The Morgan fingerprint density at radius 1 is 1.32 bits per heavy atom. The van der Waals surface area contributed by atoms with Gasteiger partial charge in [-0.05, 0) is 36.1 Å². The average molecular weight is 282 g/mol. The van der Waals surface area contributed by atoms with E-state index in [1.807, 2.05) is 0 Å². The molecule has 0 heterocycles. The third-order valence-electron chi connectivity index (χ3n) is 3.69. The topological polar surface area (TPSA) is 80.5 Å². The van der Waals surface area contributed by atoms with Gasteiger partial charge in [-0.2, -0.15) is 0 Å². The van der Waals surface area contributed by atoms with E-state index in [-0.39, 0.29) is 22.1 Å². The van der Waals surface area contributed by atoms with Crippen LogP contribution < -0.4 is 10.0 Å². The number of hydrogen-bond acceptors (Lipinski definition) is 3. The first-order chi connectivity index (χ1) is 8.63. The summed E-state index contributed by atoms with van der Waals surface area (Å²) in [7, 11) is -1.99. The van der Waals surface area contributed by atoms with Gasteiger partial charge in [0.25, 0.3) is 0 Å². The number of carbonyl (C=O) groups excluding carboxylic acids is 1. The molecule has 5 nitrogen and oxygen atoms in total. The normalized spacial score (nSPS) is 20.9. The Labute approximate surface area is 113 Å². The highest BCUT2D eigenvalue weighted by atomic mass is 32.2. The summed E-state index contributed by atoms with van der Waals surface area (Å²) >= 11 is 0. The van der Waals surface area contributed by atoms with E-state index in [0.29, 0.717) is 5.69 Å². The minimum absolute atomic E-state index is 0.0452. The third-order valence-corrected chi connectivity index (χ3v) is 4.62. The second-order valence-electron chi connectivity index (χ2n) is 5.68. The molecule has 6 heteroatoms. The lowest BCUT2D eigenvalue weighted by atomic mass is 10.1. The molecule has 2 N–H and O–H groups in total. The van der Waals surface area contributed by atoms with E-state index in [4.69, 9.17) is 5.14 Å². The van der Waals surface area contributed by atoms with E-state index in [2.05, 4.69) is 13.8 Å². The van der Waals surface area contributed by atoms with Gasteiger partial charge in [-0.1, -0.05) is 13.8 Å². The van der Waals surface area contributed by atoms with Crippen LogP contribution in [0.4, 0.5) is 5.69 Å². The van der Waals surface area contributed by atoms with E-state index >= 15 is 0 Å². The number of sulfonamides is 1. The molecule has 104 valence electrons. The highest BCUT2D eigenvalue weighted by Gasteiger charge is 2.51. The molecule has 0 bridgehead atoms. The number of hydrogen-bond donors (Lipinski definition) is 1. The molecule has 1 aromatic carbocycles. The summed E-state index contributed by atoms with van der Waals surface area (Å²) in [6, 6.07) is 6.00. The van der Waals surface area contributed by atoms with E-state index in [9.17, 15) is 13.2 Å². The fraction of sp³-hybridized carbons (Fsp3) is 0.462. The number of benzene rings is 1. The first-order valence-corrected chi connectivity index (χ1v) is 7.58. The molecule has 1 aliphatic rings. The quantitative estimate of drug-likeness (QED) is 0.908. The number of nitrogens with zero attached hydrogens (tertiary/aromatic N) is 1. The lowest BCUT2D eigenvalue weighted by Crippen LogP contribution is -2.29. The van der Waals surface area contributed by atoms with Crippen molar-refractivity contribution >= 4 is 21.6 Å². The van der Waals surface area contributed by atoms with Crippen LogP contribution in [0.3, 0.4) is 0 Å². The van der Waals surface area contributed by atoms with Gasteiger partial charge in [-0.25, -0.2) is 13.6 Å². The highest BCUT2D eigenvalue weighted by Crippen LogP contribution is 2.52. The molecule has 2 rings (SSSR count). The summed E-state index contributed by atoms with van der Waals surface area (Å²) in [5.74, 6) is 0.115. The second-order valence-corrected chi connectivity index (χ2v) is 7.24. The molecule has 19 heavy (non-hydrogen) atoms. The Morgan fingerprint density at radius 3 is 2.16 bits per heavy atom. The second kappa shape index (κ2) is 4.31. The lowest BCUT2D eigenvalue weighted by Gasteiger charge is -2.18. The van der Waals surface area contributed by atoms with Crippen LogP contribution in [0.1, 0.15) is 20.3 Å². The molecule has 1 saturated carbocycles. The van der Waals surface area contributed by atoms with E-state index in [0.717, 1.165) is 6.42 Å². The maximum absolute atomic E-state index is 12.2. The predicted molar refractivity (Wildman–Crippen MR) is 73.1 cm³/mol. The van der Waals surface area contributed by atoms with Crippen molar-refractivity contribution in [1.29, 1.82) is 0 Å². The van der Waals surface area contributed by atoms with Gasteiger partial charge in [0.05, 0.1) is 4.90 Å². The van der Waals surface area contributed by atoms with E-state index < -0.39 is 10.0 Å². The smallest absolute Gasteiger partial charge is 0.238 e. The molecule has 1 amide bonds. The number of primary sulfonamides is 1. The summed E-state index contributed by atoms with van der Waals surface area (Å²) in [6.45, 7) is 4.13. The Hall–Kier alpha value is -1.40. The number of nitrogens with two attached hydrogens (primary N) is 1. The SMILES string of the molecule is CN(C(=O)C1CC1(C)C)c1ccc(S(N)(=O)=O)cc1. The molecule has 0 spiro atoms. The van der Waals surface area contributed by atoms with Crippen molar-refractivity contribution in [1.82, 2.24) is 0 Å². The summed E-state index contributed by atoms with van der Waals surface area (Å²) in [4.78, 5) is 13.8. The molecule has 1 atom stereocenters. The Kier molecular flexibility index (Phi) is 3.18. The molecular formula is C13H18N2O3S. The monoisotopic (exact) mass is 282 g/mol. The Balaban J connectivity index is 2.17. The lowest BCUT2D eigenvalue weighted by molar-refractivity contribution is -0.120. The first-order valence-electron chi connectivity index (χ1n) is 6.03. The zero-order valence-corrected chi connectivity index (χ0v) is 12.1. The van der Waals surface area contributed by atoms with Crippen LogP contribution in [0, 0.1) is 11.3 Å². The summed E-state index contributed by atoms with van der Waals surface area (Å²) < 4.78 is 22.3.